The standard InChI is InChI=1S/C18H14ClF3N2O5S2/c1-9(10-3-2-4-11(19)7-10)16(17(25)26)24-31(27,28)15-6-5-13(30-15)12-8-14(29-23-12)18(20,21)22/h2-9,16,24H,1H3,(H,25,26). The fraction of sp³-hybridized carbons (Fsp3) is 0.222. The van der Waals surface area contributed by atoms with Gasteiger partial charge in [0, 0.05) is 17.0 Å². The lowest BCUT2D eigenvalue weighted by Gasteiger charge is -2.21. The minimum absolute atomic E-state index is 0.106. The van der Waals surface area contributed by atoms with Gasteiger partial charge in [-0.3, -0.25) is 4.79 Å². The highest BCUT2D eigenvalue weighted by Gasteiger charge is 2.37. The summed E-state index contributed by atoms with van der Waals surface area (Å²) in [4.78, 5) is 11.9. The third-order valence-corrected chi connectivity index (χ3v) is 7.59. The summed E-state index contributed by atoms with van der Waals surface area (Å²) in [6.07, 6.45) is -4.73. The maximum Gasteiger partial charge on any atom is 0.452 e. The number of aromatic nitrogens is 1. The lowest BCUT2D eigenvalue weighted by Crippen LogP contribution is -2.43. The Labute approximate surface area is 183 Å². The van der Waals surface area contributed by atoms with E-state index in [0.29, 0.717) is 28.0 Å². The van der Waals surface area contributed by atoms with Crippen molar-refractivity contribution < 1.29 is 36.0 Å². The summed E-state index contributed by atoms with van der Waals surface area (Å²) in [5.74, 6) is -3.49. The molecule has 0 radical (unpaired) electrons. The second kappa shape index (κ2) is 8.61. The van der Waals surface area contributed by atoms with Crippen molar-refractivity contribution in [3.8, 4) is 10.6 Å². The molecule has 2 N–H and O–H groups in total. The molecule has 0 amide bonds. The van der Waals surface area contributed by atoms with E-state index in [1.807, 2.05) is 0 Å². The second-order valence-corrected chi connectivity index (χ2v) is 9.93. The van der Waals surface area contributed by atoms with Crippen LogP contribution in [-0.4, -0.2) is 30.7 Å². The molecule has 3 aromatic rings. The number of nitrogens with one attached hydrogen (secondary N) is 1. The van der Waals surface area contributed by atoms with Gasteiger partial charge in [0.05, 0.1) is 4.88 Å². The van der Waals surface area contributed by atoms with Crippen molar-refractivity contribution in [2.45, 2.75) is 29.3 Å². The van der Waals surface area contributed by atoms with Gasteiger partial charge in [0.15, 0.2) is 0 Å². The van der Waals surface area contributed by atoms with Gasteiger partial charge >= 0.3 is 12.1 Å². The number of carbonyl (C=O) groups is 1. The summed E-state index contributed by atoms with van der Waals surface area (Å²) >= 11 is 6.55. The highest BCUT2D eigenvalue weighted by atomic mass is 35.5. The summed E-state index contributed by atoms with van der Waals surface area (Å²) in [5.41, 5.74) is 0.317. The topological polar surface area (TPSA) is 110 Å². The van der Waals surface area contributed by atoms with Gasteiger partial charge in [-0.25, -0.2) is 8.42 Å². The fourth-order valence-corrected chi connectivity index (χ4v) is 5.44. The maximum absolute atomic E-state index is 12.7. The molecule has 0 aliphatic carbocycles. The number of rotatable bonds is 7. The molecule has 0 spiro atoms. The van der Waals surface area contributed by atoms with Crippen molar-refractivity contribution in [3.63, 3.8) is 0 Å². The fourth-order valence-electron chi connectivity index (χ4n) is 2.70. The quantitative estimate of drug-likeness (QED) is 0.496. The first-order valence-electron chi connectivity index (χ1n) is 8.53. The molecule has 13 heteroatoms. The molecular weight excluding hydrogens is 481 g/mol. The largest absolute Gasteiger partial charge is 0.480 e. The molecule has 166 valence electrons. The lowest BCUT2D eigenvalue weighted by molar-refractivity contribution is -0.155. The summed E-state index contributed by atoms with van der Waals surface area (Å²) in [5, 5.41) is 13.2. The van der Waals surface area contributed by atoms with E-state index in [1.165, 1.54) is 19.1 Å². The molecule has 2 atom stereocenters. The van der Waals surface area contributed by atoms with E-state index >= 15 is 0 Å². The molecule has 7 nitrogen and oxygen atoms in total. The van der Waals surface area contributed by atoms with Crippen molar-refractivity contribution in [2.75, 3.05) is 0 Å². The Hall–Kier alpha value is -2.41. The zero-order chi connectivity index (χ0) is 23.0. The third-order valence-electron chi connectivity index (χ3n) is 4.31. The van der Waals surface area contributed by atoms with Gasteiger partial charge in [-0.2, -0.15) is 17.9 Å². The minimum atomic E-state index is -4.73. The molecular formula is C18H14ClF3N2O5S2. The van der Waals surface area contributed by atoms with E-state index < -0.39 is 39.9 Å². The minimum Gasteiger partial charge on any atom is -0.480 e. The first-order chi connectivity index (χ1) is 14.4. The first-order valence-corrected chi connectivity index (χ1v) is 11.2. The number of carboxylic acids is 1. The molecule has 1 aromatic carbocycles. The number of nitrogens with zero attached hydrogens (tertiary/aromatic N) is 1. The van der Waals surface area contributed by atoms with Crippen LogP contribution in [-0.2, 0) is 21.0 Å². The van der Waals surface area contributed by atoms with Crippen LogP contribution in [0, 0.1) is 0 Å². The van der Waals surface area contributed by atoms with E-state index in [2.05, 4.69) is 14.4 Å². The number of benzene rings is 1. The van der Waals surface area contributed by atoms with E-state index in [-0.39, 0.29) is 14.8 Å². The highest BCUT2D eigenvalue weighted by molar-refractivity contribution is 7.91. The maximum atomic E-state index is 12.7. The van der Waals surface area contributed by atoms with Crippen molar-refractivity contribution in [3.05, 3.63) is 58.8 Å². The Morgan fingerprint density at radius 1 is 1.26 bits per heavy atom. The van der Waals surface area contributed by atoms with Crippen LogP contribution in [0.15, 0.2) is 51.2 Å². The van der Waals surface area contributed by atoms with Gasteiger partial charge in [-0.15, -0.1) is 11.3 Å². The van der Waals surface area contributed by atoms with Crippen LogP contribution in [0.25, 0.3) is 10.6 Å². The Balaban J connectivity index is 1.85. The lowest BCUT2D eigenvalue weighted by atomic mass is 9.94. The summed E-state index contributed by atoms with van der Waals surface area (Å²) in [6, 6.07) is 7.89. The van der Waals surface area contributed by atoms with E-state index in [0.717, 1.165) is 6.07 Å². The molecule has 0 aliphatic heterocycles. The predicted molar refractivity (Wildman–Crippen MR) is 106 cm³/mol. The number of thiophene rings is 1. The molecule has 2 aromatic heterocycles. The van der Waals surface area contributed by atoms with E-state index in [9.17, 15) is 31.5 Å². The van der Waals surface area contributed by atoms with Crippen LogP contribution in [0.3, 0.4) is 0 Å². The number of hydrogen-bond donors (Lipinski definition) is 2. The van der Waals surface area contributed by atoms with Crippen molar-refractivity contribution in [1.82, 2.24) is 9.88 Å². The summed E-state index contributed by atoms with van der Waals surface area (Å²) < 4.78 is 69.6. The molecule has 0 fully saturated rings. The molecule has 2 heterocycles. The predicted octanol–water partition coefficient (Wildman–Crippen LogP) is 4.61. The van der Waals surface area contributed by atoms with Crippen LogP contribution in [0.1, 0.15) is 24.2 Å². The molecule has 3 rings (SSSR count). The number of sulfonamides is 1. The number of alkyl halides is 3. The number of halogens is 4. The van der Waals surface area contributed by atoms with Crippen LogP contribution in [0.2, 0.25) is 5.02 Å². The molecule has 2 unspecified atom stereocenters. The number of hydrogen-bond acceptors (Lipinski definition) is 6. The van der Waals surface area contributed by atoms with Gasteiger partial charge in [0.1, 0.15) is 15.9 Å². The van der Waals surface area contributed by atoms with Gasteiger partial charge in [0.25, 0.3) is 10.0 Å². The second-order valence-electron chi connectivity index (χ2n) is 6.47. The molecule has 0 bridgehead atoms. The molecule has 0 saturated carbocycles. The van der Waals surface area contributed by atoms with Crippen LogP contribution in [0.4, 0.5) is 13.2 Å². The normalized spacial score (nSPS) is 14.4. The SMILES string of the molecule is CC(c1cccc(Cl)c1)C(NS(=O)(=O)c1ccc(-c2cc(C(F)(F)F)on2)s1)C(=O)O. The van der Waals surface area contributed by atoms with Gasteiger partial charge in [0.2, 0.25) is 5.76 Å². The number of carboxylic acid groups (broad SMARTS) is 1. The van der Waals surface area contributed by atoms with Crippen LogP contribution in [0.5, 0.6) is 0 Å². The van der Waals surface area contributed by atoms with Gasteiger partial charge < -0.3 is 9.63 Å². The number of aliphatic carboxylic acids is 1. The van der Waals surface area contributed by atoms with Gasteiger partial charge in [-0.05, 0) is 29.8 Å². The Bertz CT molecular complexity index is 1210. The Morgan fingerprint density at radius 3 is 2.55 bits per heavy atom. The third kappa shape index (κ3) is 5.26. The first kappa shape index (κ1) is 23.3. The molecule has 31 heavy (non-hydrogen) atoms. The monoisotopic (exact) mass is 494 g/mol. The zero-order valence-corrected chi connectivity index (χ0v) is 17.9. The average Bonchev–Trinajstić information content (AvgIpc) is 3.34. The van der Waals surface area contributed by atoms with Crippen molar-refractivity contribution in [1.29, 1.82) is 0 Å². The zero-order valence-electron chi connectivity index (χ0n) is 15.6. The van der Waals surface area contributed by atoms with E-state index in [1.54, 1.807) is 18.2 Å². The summed E-state index contributed by atoms with van der Waals surface area (Å²) in [6.45, 7) is 1.53. The van der Waals surface area contributed by atoms with Crippen LogP contribution < -0.4 is 4.72 Å². The van der Waals surface area contributed by atoms with Crippen molar-refractivity contribution in [2.24, 2.45) is 0 Å². The average molecular weight is 495 g/mol. The van der Waals surface area contributed by atoms with Crippen molar-refractivity contribution >= 4 is 38.9 Å². The molecule has 0 saturated heterocycles. The van der Waals surface area contributed by atoms with Crippen LogP contribution >= 0.6 is 22.9 Å². The van der Waals surface area contributed by atoms with E-state index in [4.69, 9.17) is 11.6 Å². The Kier molecular flexibility index (Phi) is 6.46. The Morgan fingerprint density at radius 2 is 1.97 bits per heavy atom. The summed E-state index contributed by atoms with van der Waals surface area (Å²) in [7, 11) is -4.30. The van der Waals surface area contributed by atoms with Gasteiger partial charge in [-0.1, -0.05) is 35.8 Å². The highest BCUT2D eigenvalue weighted by Crippen LogP contribution is 2.35. The molecule has 0 aliphatic rings. The smallest absolute Gasteiger partial charge is 0.452 e.